The van der Waals surface area contributed by atoms with Crippen LogP contribution in [-0.4, -0.2) is 83.6 Å². The van der Waals surface area contributed by atoms with Crippen LogP contribution in [0.5, 0.6) is 0 Å². The summed E-state index contributed by atoms with van der Waals surface area (Å²) in [5.41, 5.74) is 0. The average molecular weight is 386 g/mol. The smallest absolute Gasteiger partial charge is 0.171 e. The Labute approximate surface area is 160 Å². The van der Waals surface area contributed by atoms with Gasteiger partial charge in [0, 0.05) is 13.1 Å². The topological polar surface area (TPSA) is 135 Å². The van der Waals surface area contributed by atoms with Crippen LogP contribution in [0.2, 0.25) is 0 Å². The van der Waals surface area contributed by atoms with E-state index in [0.717, 1.165) is 19.4 Å². The number of aliphatic hydroxyl groups excluding tert-OH is 5. The highest BCUT2D eigenvalue weighted by Crippen LogP contribution is 2.28. The molecule has 0 saturated heterocycles. The number of aromatic nitrogens is 3. The highest BCUT2D eigenvalue weighted by Gasteiger charge is 2.50. The van der Waals surface area contributed by atoms with Crippen molar-refractivity contribution in [3.05, 3.63) is 6.20 Å². The predicted molar refractivity (Wildman–Crippen MR) is 100 cm³/mol. The van der Waals surface area contributed by atoms with Crippen LogP contribution < -0.4 is 4.90 Å². The fourth-order valence-corrected chi connectivity index (χ4v) is 3.69. The normalized spacial score (nSPS) is 31.2. The Morgan fingerprint density at radius 3 is 2.00 bits per heavy atom. The first-order valence-electron chi connectivity index (χ1n) is 9.99. The lowest BCUT2D eigenvalue weighted by Crippen LogP contribution is -2.68. The number of rotatable bonds is 10. The molecule has 4 atom stereocenters. The van der Waals surface area contributed by atoms with Gasteiger partial charge in [0.1, 0.15) is 30.5 Å². The van der Waals surface area contributed by atoms with Gasteiger partial charge in [-0.15, -0.1) is 5.10 Å². The summed E-state index contributed by atoms with van der Waals surface area (Å²) in [6.07, 6.45) is 1.22. The first kappa shape index (κ1) is 22.0. The van der Waals surface area contributed by atoms with Crippen molar-refractivity contribution in [1.82, 2.24) is 15.0 Å². The number of aryl methyl sites for hydroxylation is 1. The van der Waals surface area contributed by atoms with E-state index in [9.17, 15) is 25.5 Å². The fraction of sp³-hybridized carbons (Fsp3) is 0.889. The summed E-state index contributed by atoms with van der Waals surface area (Å²) in [5.74, 6) is 0.447. The Hall–Kier alpha value is -1.26. The zero-order valence-electron chi connectivity index (χ0n) is 16.2. The second-order valence-corrected chi connectivity index (χ2v) is 7.34. The zero-order valence-corrected chi connectivity index (χ0v) is 16.2. The Balaban J connectivity index is 2.00. The van der Waals surface area contributed by atoms with E-state index in [4.69, 9.17) is 0 Å². The molecule has 0 spiro atoms. The molecule has 1 heterocycles. The van der Waals surface area contributed by atoms with Gasteiger partial charge >= 0.3 is 0 Å². The highest BCUT2D eigenvalue weighted by atomic mass is 16.4. The molecule has 156 valence electrons. The van der Waals surface area contributed by atoms with Crippen LogP contribution in [0, 0.1) is 0 Å². The summed E-state index contributed by atoms with van der Waals surface area (Å²) < 4.78 is 1.72. The summed E-state index contributed by atoms with van der Waals surface area (Å²) in [4.78, 5) is 1.60. The van der Waals surface area contributed by atoms with E-state index in [1.165, 1.54) is 25.7 Å². The Morgan fingerprint density at radius 1 is 0.852 bits per heavy atom. The third-order valence-corrected chi connectivity index (χ3v) is 5.36. The minimum absolute atomic E-state index is 0.379. The molecule has 9 heteroatoms. The maximum absolute atomic E-state index is 10.3. The third-order valence-electron chi connectivity index (χ3n) is 5.36. The van der Waals surface area contributed by atoms with E-state index in [-0.39, 0.29) is 0 Å². The second-order valence-electron chi connectivity index (χ2n) is 7.34. The summed E-state index contributed by atoms with van der Waals surface area (Å²) in [6, 6.07) is -0.998. The van der Waals surface area contributed by atoms with E-state index in [0.29, 0.717) is 12.4 Å². The van der Waals surface area contributed by atoms with Crippen LogP contribution in [0.4, 0.5) is 5.82 Å². The highest BCUT2D eigenvalue weighted by molar-refractivity contribution is 5.38. The summed E-state index contributed by atoms with van der Waals surface area (Å²) in [6.45, 7) is 5.12. The molecular weight excluding hydrogens is 352 g/mol. The van der Waals surface area contributed by atoms with Gasteiger partial charge in [-0.2, -0.15) is 0 Å². The predicted octanol–water partition coefficient (Wildman–Crippen LogP) is -0.348. The van der Waals surface area contributed by atoms with Gasteiger partial charge in [-0.25, -0.2) is 0 Å². The lowest BCUT2D eigenvalue weighted by Gasteiger charge is -2.46. The molecule has 1 saturated carbocycles. The van der Waals surface area contributed by atoms with E-state index in [1.807, 2.05) is 6.92 Å². The van der Waals surface area contributed by atoms with Gasteiger partial charge in [-0.1, -0.05) is 44.2 Å². The first-order chi connectivity index (χ1) is 12.9. The van der Waals surface area contributed by atoms with Gasteiger partial charge in [0.25, 0.3) is 0 Å². The number of hydrogen-bond donors (Lipinski definition) is 5. The van der Waals surface area contributed by atoms with Crippen molar-refractivity contribution in [3.63, 3.8) is 0 Å². The lowest BCUT2D eigenvalue weighted by atomic mass is 9.82. The van der Waals surface area contributed by atoms with Gasteiger partial charge in [-0.05, 0) is 13.3 Å². The van der Waals surface area contributed by atoms with Crippen molar-refractivity contribution in [3.8, 4) is 0 Å². The molecule has 5 N–H and O–H groups in total. The van der Waals surface area contributed by atoms with Crippen molar-refractivity contribution in [1.29, 1.82) is 0 Å². The summed E-state index contributed by atoms with van der Waals surface area (Å²) in [7, 11) is 0. The molecule has 1 aliphatic rings. The number of anilines is 1. The summed E-state index contributed by atoms with van der Waals surface area (Å²) >= 11 is 0. The van der Waals surface area contributed by atoms with E-state index < -0.39 is 36.6 Å². The molecule has 9 nitrogen and oxygen atoms in total. The number of nitrogens with zero attached hydrogens (tertiary/aromatic N) is 4. The van der Waals surface area contributed by atoms with Gasteiger partial charge < -0.3 is 30.4 Å². The van der Waals surface area contributed by atoms with Crippen LogP contribution in [0.25, 0.3) is 0 Å². The first-order valence-corrected chi connectivity index (χ1v) is 9.99. The van der Waals surface area contributed by atoms with Crippen molar-refractivity contribution in [2.75, 3.05) is 11.4 Å². The largest absolute Gasteiger partial charge is 0.388 e. The molecule has 0 amide bonds. The maximum Gasteiger partial charge on any atom is 0.171 e. The average Bonchev–Trinajstić information content (AvgIpc) is 3.13. The van der Waals surface area contributed by atoms with Gasteiger partial charge in [-0.3, -0.25) is 4.68 Å². The quantitative estimate of drug-likeness (QED) is 0.345. The standard InChI is InChI=1S/C18H34N4O5/c1-3-5-6-7-8-9-10-21-11-12(19-20-21)22(4-2)13-14(23)16(25)18(27)17(26)15(13)24/h11,13-18,23-27H,3-10H2,1-2H3. The maximum atomic E-state index is 10.3. The molecule has 0 aromatic carbocycles. The van der Waals surface area contributed by atoms with Crippen LogP contribution >= 0.6 is 0 Å². The Bertz CT molecular complexity index is 542. The molecule has 4 unspecified atom stereocenters. The molecule has 0 aliphatic heterocycles. The fourth-order valence-electron chi connectivity index (χ4n) is 3.69. The van der Waals surface area contributed by atoms with Crippen molar-refractivity contribution in [2.24, 2.45) is 0 Å². The molecule has 1 aromatic rings. The van der Waals surface area contributed by atoms with Gasteiger partial charge in [0.15, 0.2) is 5.82 Å². The van der Waals surface area contributed by atoms with E-state index in [2.05, 4.69) is 17.2 Å². The molecule has 1 aliphatic carbocycles. The van der Waals surface area contributed by atoms with Crippen molar-refractivity contribution >= 4 is 5.82 Å². The lowest BCUT2D eigenvalue weighted by molar-refractivity contribution is -0.185. The minimum atomic E-state index is -1.60. The van der Waals surface area contributed by atoms with Crippen molar-refractivity contribution < 1.29 is 25.5 Å². The monoisotopic (exact) mass is 386 g/mol. The minimum Gasteiger partial charge on any atom is -0.388 e. The Kier molecular flexibility index (Phi) is 8.43. The zero-order chi connectivity index (χ0) is 20.0. The molecule has 0 radical (unpaired) electrons. The van der Waals surface area contributed by atoms with Crippen LogP contribution in [-0.2, 0) is 6.54 Å². The SMILES string of the molecule is CCCCCCCCn1cc(N(CC)C2C(O)C(O)C(O)C(O)C2O)nn1. The van der Waals surface area contributed by atoms with Crippen LogP contribution in [0.3, 0.4) is 0 Å². The van der Waals surface area contributed by atoms with Gasteiger partial charge in [0.2, 0.25) is 0 Å². The van der Waals surface area contributed by atoms with Gasteiger partial charge in [0.05, 0.1) is 12.2 Å². The number of hydrogen-bond acceptors (Lipinski definition) is 8. The van der Waals surface area contributed by atoms with Crippen molar-refractivity contribution in [2.45, 2.75) is 95.5 Å². The molecule has 1 aromatic heterocycles. The molecular formula is C18H34N4O5. The van der Waals surface area contributed by atoms with E-state index in [1.54, 1.807) is 15.8 Å². The number of unbranched alkanes of at least 4 members (excludes halogenated alkanes) is 5. The van der Waals surface area contributed by atoms with Crippen LogP contribution in [0.15, 0.2) is 6.20 Å². The van der Waals surface area contributed by atoms with Crippen LogP contribution in [0.1, 0.15) is 52.4 Å². The Morgan fingerprint density at radius 2 is 1.41 bits per heavy atom. The molecule has 2 rings (SSSR count). The molecule has 0 bridgehead atoms. The molecule has 1 fully saturated rings. The number of aliphatic hydroxyl groups is 5. The number of likely N-dealkylation sites (N-methyl/N-ethyl adjacent to an activating group) is 1. The molecule has 27 heavy (non-hydrogen) atoms. The van der Waals surface area contributed by atoms with E-state index >= 15 is 0 Å². The summed E-state index contributed by atoms with van der Waals surface area (Å²) in [5, 5.41) is 58.6. The second kappa shape index (κ2) is 10.3. The third kappa shape index (κ3) is 5.17.